The summed E-state index contributed by atoms with van der Waals surface area (Å²) in [5.74, 6) is 0. The lowest BCUT2D eigenvalue weighted by Crippen LogP contribution is -2.19. The number of hydrogen-bond donors (Lipinski definition) is 1. The van der Waals surface area contributed by atoms with Crippen molar-refractivity contribution >= 4 is 7.60 Å². The average Bonchev–Trinajstić information content (AvgIpc) is 2.40. The Bertz CT molecular complexity index is 422. The Labute approximate surface area is 114 Å². The fourth-order valence-corrected chi connectivity index (χ4v) is 3.76. The van der Waals surface area contributed by atoms with Crippen molar-refractivity contribution in [1.29, 1.82) is 0 Å². The van der Waals surface area contributed by atoms with Gasteiger partial charge >= 0.3 is 7.60 Å². The predicted molar refractivity (Wildman–Crippen MR) is 76.2 cm³/mol. The first-order valence-electron chi connectivity index (χ1n) is 6.33. The minimum absolute atomic E-state index is 0.253. The third-order valence-corrected chi connectivity index (χ3v) is 5.15. The van der Waals surface area contributed by atoms with Crippen molar-refractivity contribution in [2.24, 2.45) is 0 Å². The second-order valence-electron chi connectivity index (χ2n) is 3.96. The Morgan fingerprint density at radius 2 is 1.79 bits per heavy atom. The zero-order chi connectivity index (χ0) is 14.3. The van der Waals surface area contributed by atoms with Gasteiger partial charge in [-0.15, -0.1) is 6.58 Å². The summed E-state index contributed by atoms with van der Waals surface area (Å²) in [5, 5.41) is 10.4. The topological polar surface area (TPSA) is 55.8 Å². The van der Waals surface area contributed by atoms with Gasteiger partial charge in [-0.1, -0.05) is 36.4 Å². The third kappa shape index (κ3) is 4.02. The summed E-state index contributed by atoms with van der Waals surface area (Å²) in [5.41, 5.74) is -0.123. The molecule has 19 heavy (non-hydrogen) atoms. The molecule has 0 aliphatic heterocycles. The molecule has 0 saturated carbocycles. The minimum atomic E-state index is -3.42. The highest BCUT2D eigenvalue weighted by molar-refractivity contribution is 7.54. The van der Waals surface area contributed by atoms with Crippen LogP contribution in [0.1, 0.15) is 25.5 Å². The Hall–Kier alpha value is -0.930. The van der Waals surface area contributed by atoms with Gasteiger partial charge in [0.1, 0.15) is 5.66 Å². The van der Waals surface area contributed by atoms with Crippen molar-refractivity contribution in [1.82, 2.24) is 0 Å². The molecule has 0 unspecified atom stereocenters. The molecule has 4 nitrogen and oxygen atoms in total. The number of hydrogen-bond acceptors (Lipinski definition) is 4. The molecule has 0 heterocycles. The Kier molecular flexibility index (Phi) is 6.46. The van der Waals surface area contributed by atoms with E-state index >= 15 is 0 Å². The molecule has 0 fully saturated rings. The van der Waals surface area contributed by atoms with Crippen molar-refractivity contribution in [3.8, 4) is 0 Å². The SMILES string of the molecule is C=C[C@@H]([C@H](O)c1ccccc1)P(=O)(OCC)OCC. The van der Waals surface area contributed by atoms with E-state index in [-0.39, 0.29) is 13.2 Å². The van der Waals surface area contributed by atoms with Crippen LogP contribution in [-0.2, 0) is 13.6 Å². The molecule has 106 valence electrons. The van der Waals surface area contributed by atoms with Crippen LogP contribution in [0.4, 0.5) is 0 Å². The molecule has 1 aromatic rings. The molecule has 0 aliphatic carbocycles. The molecule has 0 aliphatic rings. The monoisotopic (exact) mass is 284 g/mol. The van der Waals surface area contributed by atoms with E-state index in [0.29, 0.717) is 5.56 Å². The van der Waals surface area contributed by atoms with E-state index in [1.165, 1.54) is 6.08 Å². The van der Waals surface area contributed by atoms with Gasteiger partial charge in [-0.05, 0) is 19.4 Å². The molecule has 0 radical (unpaired) electrons. The molecule has 0 amide bonds. The maximum Gasteiger partial charge on any atom is 0.340 e. The summed E-state index contributed by atoms with van der Waals surface area (Å²) in [6.45, 7) is 7.63. The number of rotatable bonds is 8. The molecule has 5 heteroatoms. The van der Waals surface area contributed by atoms with E-state index in [9.17, 15) is 9.67 Å². The zero-order valence-electron chi connectivity index (χ0n) is 11.4. The lowest BCUT2D eigenvalue weighted by atomic mass is 10.1. The van der Waals surface area contributed by atoms with E-state index in [1.807, 2.05) is 18.2 Å². The molecule has 1 rings (SSSR count). The van der Waals surface area contributed by atoms with Gasteiger partial charge in [0.15, 0.2) is 0 Å². The molecule has 0 spiro atoms. The summed E-state index contributed by atoms with van der Waals surface area (Å²) >= 11 is 0. The van der Waals surface area contributed by atoms with Gasteiger partial charge in [0, 0.05) is 0 Å². The fraction of sp³-hybridized carbons (Fsp3) is 0.429. The number of benzene rings is 1. The second-order valence-corrected chi connectivity index (χ2v) is 6.15. The van der Waals surface area contributed by atoms with E-state index in [4.69, 9.17) is 9.05 Å². The van der Waals surface area contributed by atoms with Gasteiger partial charge in [0.25, 0.3) is 0 Å². The Balaban J connectivity index is 3.03. The van der Waals surface area contributed by atoms with Crippen LogP contribution < -0.4 is 0 Å². The molecule has 2 atom stereocenters. The molecular formula is C14H21O4P. The summed E-state index contributed by atoms with van der Waals surface area (Å²) in [6, 6.07) is 9.01. The molecule has 0 saturated heterocycles. The van der Waals surface area contributed by atoms with E-state index in [0.717, 1.165) is 0 Å². The molecule has 0 aromatic heterocycles. The largest absolute Gasteiger partial charge is 0.387 e. The second kappa shape index (κ2) is 7.61. The van der Waals surface area contributed by atoms with Crippen LogP contribution >= 0.6 is 7.60 Å². The van der Waals surface area contributed by atoms with Crippen LogP contribution in [0, 0.1) is 0 Å². The number of aliphatic hydroxyl groups is 1. The van der Waals surface area contributed by atoms with Gasteiger partial charge in [0.2, 0.25) is 0 Å². The maximum absolute atomic E-state index is 12.7. The molecule has 1 aromatic carbocycles. The Morgan fingerprint density at radius 3 is 2.21 bits per heavy atom. The first-order chi connectivity index (χ1) is 9.09. The highest BCUT2D eigenvalue weighted by Gasteiger charge is 2.39. The summed E-state index contributed by atoms with van der Waals surface area (Å²) < 4.78 is 23.2. The number of aliphatic hydroxyl groups excluding tert-OH is 1. The van der Waals surface area contributed by atoms with Crippen molar-refractivity contribution < 1.29 is 18.7 Å². The van der Waals surface area contributed by atoms with Crippen LogP contribution in [-0.4, -0.2) is 24.0 Å². The van der Waals surface area contributed by atoms with Gasteiger partial charge in [-0.25, -0.2) is 0 Å². The van der Waals surface area contributed by atoms with Crippen LogP contribution in [0.3, 0.4) is 0 Å². The van der Waals surface area contributed by atoms with Crippen LogP contribution in [0.5, 0.6) is 0 Å². The fourth-order valence-electron chi connectivity index (χ4n) is 1.85. The highest BCUT2D eigenvalue weighted by atomic mass is 31.2. The predicted octanol–water partition coefficient (Wildman–Crippen LogP) is 3.54. The van der Waals surface area contributed by atoms with Crippen LogP contribution in [0.15, 0.2) is 43.0 Å². The summed E-state index contributed by atoms with van der Waals surface area (Å²) in [6.07, 6.45) is 0.465. The quantitative estimate of drug-likeness (QED) is 0.586. The van der Waals surface area contributed by atoms with E-state index in [2.05, 4.69) is 6.58 Å². The van der Waals surface area contributed by atoms with Crippen molar-refractivity contribution in [3.63, 3.8) is 0 Å². The molecular weight excluding hydrogens is 263 g/mol. The average molecular weight is 284 g/mol. The minimum Gasteiger partial charge on any atom is -0.387 e. The summed E-state index contributed by atoms with van der Waals surface area (Å²) in [7, 11) is -3.42. The normalized spacial score (nSPS) is 14.9. The zero-order valence-corrected chi connectivity index (χ0v) is 12.3. The Morgan fingerprint density at radius 1 is 1.26 bits per heavy atom. The van der Waals surface area contributed by atoms with Crippen LogP contribution in [0.25, 0.3) is 0 Å². The standard InChI is InChI=1S/C14H21O4P/c1-4-13(19(16,17-5-2)18-6-3)14(15)12-10-8-7-9-11-12/h4,7-11,13-15H,1,5-6H2,2-3H3/t13-,14+/m0/s1. The third-order valence-electron chi connectivity index (χ3n) is 2.69. The first kappa shape index (κ1) is 16.1. The first-order valence-corrected chi connectivity index (χ1v) is 7.94. The maximum atomic E-state index is 12.7. The smallest absolute Gasteiger partial charge is 0.340 e. The van der Waals surface area contributed by atoms with Crippen molar-refractivity contribution in [3.05, 3.63) is 48.6 Å². The molecule has 1 N–H and O–H groups in total. The van der Waals surface area contributed by atoms with E-state index < -0.39 is 19.4 Å². The molecule has 0 bridgehead atoms. The van der Waals surface area contributed by atoms with Crippen molar-refractivity contribution in [2.75, 3.05) is 13.2 Å². The van der Waals surface area contributed by atoms with Gasteiger partial charge in [0.05, 0.1) is 19.3 Å². The van der Waals surface area contributed by atoms with Gasteiger partial charge in [-0.3, -0.25) is 4.57 Å². The lowest BCUT2D eigenvalue weighted by molar-refractivity contribution is 0.152. The lowest BCUT2D eigenvalue weighted by Gasteiger charge is -2.27. The van der Waals surface area contributed by atoms with Gasteiger partial charge < -0.3 is 14.2 Å². The van der Waals surface area contributed by atoms with Crippen LogP contribution in [0.2, 0.25) is 0 Å². The highest BCUT2D eigenvalue weighted by Crippen LogP contribution is 2.57. The van der Waals surface area contributed by atoms with E-state index in [1.54, 1.807) is 26.0 Å². The van der Waals surface area contributed by atoms with Crippen molar-refractivity contribution in [2.45, 2.75) is 25.6 Å². The summed E-state index contributed by atoms with van der Waals surface area (Å²) in [4.78, 5) is 0. The van der Waals surface area contributed by atoms with Gasteiger partial charge in [-0.2, -0.15) is 0 Å².